The topological polar surface area (TPSA) is 78.6 Å². The maximum Gasteiger partial charge on any atom is 0.251 e. The van der Waals surface area contributed by atoms with Crippen molar-refractivity contribution < 1.29 is 27.5 Å². The average molecular weight is 530 g/mol. The molecule has 6 nitrogen and oxygen atoms in total. The number of amides is 1. The summed E-state index contributed by atoms with van der Waals surface area (Å²) < 4.78 is 49.6. The third-order valence-corrected chi connectivity index (χ3v) is 6.81. The maximum absolute atomic E-state index is 14.8. The predicted molar refractivity (Wildman–Crippen MR) is 138 cm³/mol. The minimum absolute atomic E-state index is 0.0428. The van der Waals surface area contributed by atoms with Gasteiger partial charge < -0.3 is 19.7 Å². The number of halogens is 3. The highest BCUT2D eigenvalue weighted by atomic mass is 19.1. The van der Waals surface area contributed by atoms with Crippen molar-refractivity contribution in [2.45, 2.75) is 52.4 Å². The van der Waals surface area contributed by atoms with Gasteiger partial charge in [-0.2, -0.15) is 0 Å². The van der Waals surface area contributed by atoms with Crippen molar-refractivity contribution in [3.05, 3.63) is 77.2 Å². The lowest BCUT2D eigenvalue weighted by Gasteiger charge is -2.41. The number of alkyl halides is 1. The summed E-state index contributed by atoms with van der Waals surface area (Å²) in [6, 6.07) is 11.7. The number of nitrogens with one attached hydrogen (secondary N) is 1. The number of nitrogens with zero attached hydrogens (tertiary/aromatic N) is 2. The highest BCUT2D eigenvalue weighted by Gasteiger charge is 2.42. The first-order chi connectivity index (χ1) is 18.0. The van der Waals surface area contributed by atoms with Gasteiger partial charge in [0.05, 0.1) is 11.6 Å². The van der Waals surface area contributed by atoms with Crippen LogP contribution in [-0.2, 0) is 11.2 Å². The normalized spacial score (nSPS) is 19.4. The first-order valence-electron chi connectivity index (χ1n) is 12.8. The van der Waals surface area contributed by atoms with Crippen molar-refractivity contribution in [3.63, 3.8) is 0 Å². The molecule has 2 N–H and O–H groups in total. The van der Waals surface area contributed by atoms with E-state index in [2.05, 4.69) is 10.3 Å². The highest BCUT2D eigenvalue weighted by Crippen LogP contribution is 2.42. The Morgan fingerprint density at radius 1 is 1.18 bits per heavy atom. The summed E-state index contributed by atoms with van der Waals surface area (Å²) in [5.74, 6) is -2.14. The molecule has 0 saturated carbocycles. The number of hydrogen-bond acceptors (Lipinski definition) is 5. The summed E-state index contributed by atoms with van der Waals surface area (Å²) in [7, 11) is 0. The van der Waals surface area contributed by atoms with Crippen molar-refractivity contribution in [1.82, 2.24) is 15.2 Å². The molecule has 3 aromatic rings. The zero-order valence-electron chi connectivity index (χ0n) is 22.0. The van der Waals surface area contributed by atoms with Crippen molar-refractivity contribution in [2.75, 3.05) is 19.6 Å². The zero-order valence-corrected chi connectivity index (χ0v) is 22.0. The van der Waals surface area contributed by atoms with Crippen LogP contribution >= 0.6 is 0 Å². The molecule has 1 aromatic heterocycles. The van der Waals surface area contributed by atoms with Gasteiger partial charge in [-0.1, -0.05) is 51.1 Å². The number of aliphatic hydroxyl groups is 1. The Hall–Kier alpha value is -3.17. The third-order valence-electron chi connectivity index (χ3n) is 6.81. The zero-order chi connectivity index (χ0) is 27.6. The molecule has 1 amide bonds. The smallest absolute Gasteiger partial charge is 0.251 e. The first kappa shape index (κ1) is 27.9. The molecule has 1 aliphatic heterocycles. The summed E-state index contributed by atoms with van der Waals surface area (Å²) in [6.07, 6.45) is -2.21. The van der Waals surface area contributed by atoms with Crippen LogP contribution in [0.4, 0.5) is 13.2 Å². The number of carbonyl (C=O) groups excluding carboxylic acids is 1. The lowest BCUT2D eigenvalue weighted by atomic mass is 9.81. The molecule has 1 aliphatic rings. The summed E-state index contributed by atoms with van der Waals surface area (Å²) in [4.78, 5) is 19.5. The summed E-state index contributed by atoms with van der Waals surface area (Å²) in [5, 5.41) is 13.3. The molecular formula is C29H34F3N3O3. The van der Waals surface area contributed by atoms with E-state index in [0.717, 1.165) is 23.8 Å². The van der Waals surface area contributed by atoms with Crippen LogP contribution in [0.25, 0.3) is 11.5 Å². The van der Waals surface area contributed by atoms with E-state index in [9.17, 15) is 23.1 Å². The number of aromatic nitrogens is 1. The Labute approximate surface area is 220 Å². The van der Waals surface area contributed by atoms with Gasteiger partial charge in [-0.15, -0.1) is 0 Å². The fourth-order valence-electron chi connectivity index (χ4n) is 4.98. The highest BCUT2D eigenvalue weighted by molar-refractivity contribution is 5.81. The van der Waals surface area contributed by atoms with Crippen molar-refractivity contribution >= 4 is 5.91 Å². The summed E-state index contributed by atoms with van der Waals surface area (Å²) in [5.41, 5.74) is 0.453. The van der Waals surface area contributed by atoms with Crippen LogP contribution in [0.1, 0.15) is 50.8 Å². The quantitative estimate of drug-likeness (QED) is 0.426. The monoisotopic (exact) mass is 529 g/mol. The maximum atomic E-state index is 14.8. The van der Waals surface area contributed by atoms with E-state index < -0.39 is 47.2 Å². The molecule has 1 fully saturated rings. The molecule has 4 atom stereocenters. The van der Waals surface area contributed by atoms with Crippen LogP contribution in [0.3, 0.4) is 0 Å². The van der Waals surface area contributed by atoms with E-state index in [4.69, 9.17) is 4.42 Å². The minimum Gasteiger partial charge on any atom is -0.440 e. The van der Waals surface area contributed by atoms with Crippen LogP contribution in [0.5, 0.6) is 0 Å². The van der Waals surface area contributed by atoms with Gasteiger partial charge in [-0.3, -0.25) is 4.79 Å². The average Bonchev–Trinajstić information content (AvgIpc) is 3.45. The number of benzene rings is 2. The van der Waals surface area contributed by atoms with Gasteiger partial charge in [0, 0.05) is 32.0 Å². The lowest BCUT2D eigenvalue weighted by molar-refractivity contribution is -0.145. The van der Waals surface area contributed by atoms with Gasteiger partial charge in [0.1, 0.15) is 35.4 Å². The molecular weight excluding hydrogens is 495 g/mol. The molecule has 0 spiro atoms. The Bertz CT molecular complexity index is 1260. The van der Waals surface area contributed by atoms with Gasteiger partial charge in [0.25, 0.3) is 5.91 Å². The second kappa shape index (κ2) is 11.3. The van der Waals surface area contributed by atoms with Gasteiger partial charge in [0.2, 0.25) is 5.89 Å². The van der Waals surface area contributed by atoms with E-state index >= 15 is 0 Å². The van der Waals surface area contributed by atoms with E-state index in [0.29, 0.717) is 18.0 Å². The van der Waals surface area contributed by atoms with Crippen LogP contribution in [0.2, 0.25) is 0 Å². The number of carbonyl (C=O) groups is 1. The number of hydrogen-bond donors (Lipinski definition) is 2. The molecule has 0 aliphatic carbocycles. The molecule has 1 unspecified atom stereocenters. The van der Waals surface area contributed by atoms with Crippen molar-refractivity contribution in [1.29, 1.82) is 0 Å². The standard InChI is InChI=1S/C29H34F3N3O3/c1-17(36)28(37)35(16-19-14-33-15-23(19)32)26(29(2,3)4)25-24(12-18-8-6-5-7-9-18)38-27(34-25)21-13-20(30)10-11-22(21)31/h5-11,13,17,19,23,26,33,36H,12,14-16H2,1-4H3/t17-,19-,23-,26?/m0/s1. The molecule has 1 saturated heterocycles. The van der Waals surface area contributed by atoms with Crippen molar-refractivity contribution in [3.8, 4) is 11.5 Å². The van der Waals surface area contributed by atoms with Crippen LogP contribution in [0.15, 0.2) is 52.9 Å². The molecule has 2 heterocycles. The summed E-state index contributed by atoms with van der Waals surface area (Å²) in [6.45, 7) is 7.71. The molecule has 0 bridgehead atoms. The van der Waals surface area contributed by atoms with Gasteiger partial charge in [-0.25, -0.2) is 18.2 Å². The molecule has 2 aromatic carbocycles. The number of oxazole rings is 1. The second-order valence-corrected chi connectivity index (χ2v) is 11.0. The van der Waals surface area contributed by atoms with E-state index in [1.807, 2.05) is 51.1 Å². The number of rotatable bonds is 8. The van der Waals surface area contributed by atoms with E-state index in [-0.39, 0.29) is 31.0 Å². The Kier molecular flexibility index (Phi) is 8.28. The van der Waals surface area contributed by atoms with Crippen molar-refractivity contribution in [2.24, 2.45) is 11.3 Å². The third kappa shape index (κ3) is 6.10. The first-order valence-corrected chi connectivity index (χ1v) is 12.8. The van der Waals surface area contributed by atoms with Crippen LogP contribution in [-0.4, -0.2) is 52.8 Å². The van der Waals surface area contributed by atoms with Crippen LogP contribution in [0, 0.1) is 23.0 Å². The van der Waals surface area contributed by atoms with Gasteiger partial charge in [-0.05, 0) is 36.1 Å². The molecule has 38 heavy (non-hydrogen) atoms. The predicted octanol–water partition coefficient (Wildman–Crippen LogP) is 5.06. The largest absolute Gasteiger partial charge is 0.440 e. The fraction of sp³-hybridized carbons (Fsp3) is 0.448. The van der Waals surface area contributed by atoms with Gasteiger partial charge >= 0.3 is 0 Å². The fourth-order valence-corrected chi connectivity index (χ4v) is 4.98. The molecule has 0 radical (unpaired) electrons. The molecule has 9 heteroatoms. The van der Waals surface area contributed by atoms with E-state index in [1.54, 1.807) is 0 Å². The molecule has 204 valence electrons. The molecule has 4 rings (SSSR count). The second-order valence-electron chi connectivity index (χ2n) is 11.0. The minimum atomic E-state index is -1.34. The van der Waals surface area contributed by atoms with Crippen LogP contribution < -0.4 is 5.32 Å². The van der Waals surface area contributed by atoms with Gasteiger partial charge in [0.15, 0.2) is 0 Å². The Balaban J connectivity index is 1.88. The summed E-state index contributed by atoms with van der Waals surface area (Å²) >= 11 is 0. The lowest BCUT2D eigenvalue weighted by Crippen LogP contribution is -2.48. The Morgan fingerprint density at radius 3 is 2.50 bits per heavy atom. The Morgan fingerprint density at radius 2 is 1.89 bits per heavy atom. The SMILES string of the molecule is C[C@H](O)C(=O)N(C[C@@H]1CNC[C@@H]1F)C(c1nc(-c2cc(F)ccc2F)oc1Cc1ccccc1)C(C)(C)C. The van der Waals surface area contributed by atoms with E-state index in [1.165, 1.54) is 11.8 Å². The number of aliphatic hydroxyl groups excluding tert-OH is 1.